The molecule has 0 aliphatic carbocycles. The van der Waals surface area contributed by atoms with Gasteiger partial charge in [0.15, 0.2) is 11.0 Å². The Morgan fingerprint density at radius 1 is 1.00 bits per heavy atom. The Balaban J connectivity index is 1.58. The molecule has 0 saturated heterocycles. The zero-order valence-electron chi connectivity index (χ0n) is 16.8. The highest BCUT2D eigenvalue weighted by Crippen LogP contribution is 2.28. The minimum absolute atomic E-state index is 0.138. The topological polar surface area (TPSA) is 72.7 Å². The van der Waals surface area contributed by atoms with Crippen molar-refractivity contribution in [1.29, 1.82) is 0 Å². The van der Waals surface area contributed by atoms with Crippen LogP contribution < -0.4 is 5.32 Å². The second-order valence-corrected chi connectivity index (χ2v) is 7.68. The summed E-state index contributed by atoms with van der Waals surface area (Å²) in [7, 11) is 0. The minimum atomic E-state index is -0.349. The van der Waals surface area contributed by atoms with Crippen molar-refractivity contribution in [1.82, 2.24) is 19.7 Å². The van der Waals surface area contributed by atoms with Crippen molar-refractivity contribution in [3.8, 4) is 17.1 Å². The van der Waals surface area contributed by atoms with E-state index in [1.807, 2.05) is 28.8 Å². The molecule has 156 valence electrons. The number of aromatic nitrogens is 4. The predicted molar refractivity (Wildman–Crippen MR) is 120 cm³/mol. The van der Waals surface area contributed by atoms with Gasteiger partial charge in [0, 0.05) is 29.3 Å². The molecule has 0 saturated carbocycles. The number of rotatable bonds is 7. The number of carbonyl (C=O) groups excluding carboxylic acids is 1. The maximum atomic E-state index is 13.1. The fourth-order valence-electron chi connectivity index (χ4n) is 3.03. The molecule has 4 rings (SSSR count). The molecule has 0 aliphatic heterocycles. The van der Waals surface area contributed by atoms with Crippen molar-refractivity contribution in [3.63, 3.8) is 0 Å². The van der Waals surface area contributed by atoms with E-state index in [0.29, 0.717) is 16.7 Å². The van der Waals surface area contributed by atoms with Gasteiger partial charge in [0.05, 0.1) is 5.75 Å². The molecule has 0 radical (unpaired) electrons. The lowest BCUT2D eigenvalue weighted by Gasteiger charge is -2.11. The number of carbonyl (C=O) groups is 1. The van der Waals surface area contributed by atoms with Crippen LogP contribution in [0.25, 0.3) is 17.1 Å². The molecular formula is C23H20FN5OS. The van der Waals surface area contributed by atoms with E-state index in [1.54, 1.807) is 12.4 Å². The van der Waals surface area contributed by atoms with Gasteiger partial charge in [0.2, 0.25) is 5.91 Å². The van der Waals surface area contributed by atoms with Gasteiger partial charge in [-0.15, -0.1) is 10.2 Å². The van der Waals surface area contributed by atoms with Crippen molar-refractivity contribution in [2.24, 2.45) is 0 Å². The van der Waals surface area contributed by atoms with E-state index in [0.717, 1.165) is 17.7 Å². The predicted octanol–water partition coefficient (Wildman–Crippen LogP) is 4.76. The third-order valence-electron chi connectivity index (χ3n) is 4.64. The Bertz CT molecular complexity index is 1160. The molecule has 2 heterocycles. The summed E-state index contributed by atoms with van der Waals surface area (Å²) in [6.07, 6.45) is 4.36. The molecule has 2 aromatic heterocycles. The average molecular weight is 434 g/mol. The number of nitrogens with one attached hydrogen (secondary N) is 1. The van der Waals surface area contributed by atoms with Crippen LogP contribution in [0.4, 0.5) is 10.1 Å². The molecule has 0 fully saturated rings. The summed E-state index contributed by atoms with van der Waals surface area (Å²) in [6, 6.07) is 17.6. The number of hydrogen-bond acceptors (Lipinski definition) is 5. The summed E-state index contributed by atoms with van der Waals surface area (Å²) < 4.78 is 15.0. The normalized spacial score (nSPS) is 10.8. The Morgan fingerprint density at radius 3 is 2.39 bits per heavy atom. The first-order valence-electron chi connectivity index (χ1n) is 9.77. The fourth-order valence-corrected chi connectivity index (χ4v) is 3.78. The number of nitrogens with zero attached hydrogens (tertiary/aromatic N) is 4. The molecule has 0 bridgehead atoms. The Labute approximate surface area is 183 Å². The Hall–Kier alpha value is -3.52. The molecule has 2 aromatic carbocycles. The molecule has 31 heavy (non-hydrogen) atoms. The van der Waals surface area contributed by atoms with Gasteiger partial charge in [-0.2, -0.15) is 0 Å². The van der Waals surface area contributed by atoms with Gasteiger partial charge in [0.25, 0.3) is 0 Å². The van der Waals surface area contributed by atoms with Gasteiger partial charge in [-0.1, -0.05) is 30.8 Å². The molecule has 0 unspecified atom stereocenters. The first kappa shape index (κ1) is 20.7. The third-order valence-corrected chi connectivity index (χ3v) is 5.56. The van der Waals surface area contributed by atoms with E-state index in [1.165, 1.54) is 41.6 Å². The van der Waals surface area contributed by atoms with Crippen molar-refractivity contribution in [3.05, 3.63) is 84.4 Å². The molecule has 0 aliphatic rings. The van der Waals surface area contributed by atoms with E-state index in [2.05, 4.69) is 39.6 Å². The second kappa shape index (κ2) is 9.53. The monoisotopic (exact) mass is 433 g/mol. The van der Waals surface area contributed by atoms with E-state index >= 15 is 0 Å². The summed E-state index contributed by atoms with van der Waals surface area (Å²) in [6.45, 7) is 2.11. The number of thioether (sulfide) groups is 1. The van der Waals surface area contributed by atoms with Crippen LogP contribution in [0, 0.1) is 5.82 Å². The first-order chi connectivity index (χ1) is 15.1. The van der Waals surface area contributed by atoms with Crippen molar-refractivity contribution in [2.75, 3.05) is 11.1 Å². The van der Waals surface area contributed by atoms with Crippen LogP contribution in [0.2, 0.25) is 0 Å². The highest BCUT2D eigenvalue weighted by atomic mass is 32.2. The Kier molecular flexibility index (Phi) is 6.37. The largest absolute Gasteiger partial charge is 0.325 e. The summed E-state index contributed by atoms with van der Waals surface area (Å²) in [5.41, 5.74) is 3.57. The van der Waals surface area contributed by atoms with E-state index in [-0.39, 0.29) is 17.5 Å². The van der Waals surface area contributed by atoms with Gasteiger partial charge in [-0.3, -0.25) is 14.3 Å². The summed E-state index contributed by atoms with van der Waals surface area (Å²) in [4.78, 5) is 16.5. The molecular weight excluding hydrogens is 413 g/mol. The summed E-state index contributed by atoms with van der Waals surface area (Å²) in [5.74, 6) is 0.253. The zero-order chi connectivity index (χ0) is 21.6. The lowest BCUT2D eigenvalue weighted by Crippen LogP contribution is -2.14. The maximum absolute atomic E-state index is 13.1. The van der Waals surface area contributed by atoms with Crippen LogP contribution >= 0.6 is 11.8 Å². The van der Waals surface area contributed by atoms with Crippen LogP contribution in [0.1, 0.15) is 12.5 Å². The number of benzene rings is 2. The van der Waals surface area contributed by atoms with Crippen LogP contribution in [0.3, 0.4) is 0 Å². The SMILES string of the molecule is CCc1ccc(-n2c(SCC(=O)Nc3ccc(F)cc3)nnc2-c2ccncc2)cc1. The standard InChI is InChI=1S/C23H20FN5OS/c1-2-16-3-9-20(10-4-16)29-22(17-11-13-25-14-12-17)27-28-23(29)31-15-21(30)26-19-7-5-18(24)6-8-19/h3-14H,2,15H2,1H3,(H,26,30). The van der Waals surface area contributed by atoms with Gasteiger partial charge >= 0.3 is 0 Å². The smallest absolute Gasteiger partial charge is 0.234 e. The number of anilines is 1. The maximum Gasteiger partial charge on any atom is 0.234 e. The highest BCUT2D eigenvalue weighted by molar-refractivity contribution is 7.99. The van der Waals surface area contributed by atoms with E-state index in [9.17, 15) is 9.18 Å². The quantitative estimate of drug-likeness (QED) is 0.426. The van der Waals surface area contributed by atoms with Crippen molar-refractivity contribution < 1.29 is 9.18 Å². The third kappa shape index (κ3) is 4.97. The number of pyridine rings is 1. The molecule has 1 N–H and O–H groups in total. The second-order valence-electron chi connectivity index (χ2n) is 6.74. The fraction of sp³-hybridized carbons (Fsp3) is 0.130. The molecule has 0 spiro atoms. The van der Waals surface area contributed by atoms with Gasteiger partial charge in [-0.25, -0.2) is 4.39 Å². The van der Waals surface area contributed by atoms with Crippen LogP contribution in [-0.2, 0) is 11.2 Å². The van der Waals surface area contributed by atoms with Gasteiger partial charge in [0.1, 0.15) is 5.82 Å². The van der Waals surface area contributed by atoms with Crippen molar-refractivity contribution in [2.45, 2.75) is 18.5 Å². The van der Waals surface area contributed by atoms with Gasteiger partial charge < -0.3 is 5.32 Å². The average Bonchev–Trinajstić information content (AvgIpc) is 3.24. The van der Waals surface area contributed by atoms with Crippen LogP contribution in [0.5, 0.6) is 0 Å². The number of aryl methyl sites for hydroxylation is 1. The lowest BCUT2D eigenvalue weighted by atomic mass is 10.1. The van der Waals surface area contributed by atoms with E-state index < -0.39 is 0 Å². The number of hydrogen-bond donors (Lipinski definition) is 1. The zero-order valence-corrected chi connectivity index (χ0v) is 17.6. The van der Waals surface area contributed by atoms with Crippen molar-refractivity contribution >= 4 is 23.4 Å². The molecule has 4 aromatic rings. The number of amides is 1. The molecule has 8 heteroatoms. The van der Waals surface area contributed by atoms with Gasteiger partial charge in [-0.05, 0) is 60.5 Å². The molecule has 1 amide bonds. The lowest BCUT2D eigenvalue weighted by molar-refractivity contribution is -0.113. The summed E-state index contributed by atoms with van der Waals surface area (Å²) in [5, 5.41) is 12.1. The van der Waals surface area contributed by atoms with E-state index in [4.69, 9.17) is 0 Å². The molecule has 0 atom stereocenters. The summed E-state index contributed by atoms with van der Waals surface area (Å²) >= 11 is 1.29. The van der Waals surface area contributed by atoms with Crippen LogP contribution in [0.15, 0.2) is 78.2 Å². The first-order valence-corrected chi connectivity index (χ1v) is 10.8. The minimum Gasteiger partial charge on any atom is -0.325 e. The highest BCUT2D eigenvalue weighted by Gasteiger charge is 2.17. The Morgan fingerprint density at radius 2 is 1.71 bits per heavy atom. The van der Waals surface area contributed by atoms with Crippen LogP contribution in [-0.4, -0.2) is 31.4 Å². The number of halogens is 1. The molecule has 6 nitrogen and oxygen atoms in total.